The van der Waals surface area contributed by atoms with Gasteiger partial charge in [0.1, 0.15) is 0 Å². The van der Waals surface area contributed by atoms with Crippen LogP contribution < -0.4 is 5.32 Å². The van der Waals surface area contributed by atoms with Crippen LogP contribution in [0.25, 0.3) is 11.1 Å². The Labute approximate surface area is 119 Å². The lowest BCUT2D eigenvalue weighted by molar-refractivity contribution is 0.0896. The van der Waals surface area contributed by atoms with Gasteiger partial charge in [-0.1, -0.05) is 54.6 Å². The van der Waals surface area contributed by atoms with Crippen molar-refractivity contribution in [3.63, 3.8) is 0 Å². The van der Waals surface area contributed by atoms with E-state index in [1.807, 2.05) is 42.5 Å². The summed E-state index contributed by atoms with van der Waals surface area (Å²) in [5, 5.41) is 3.32. The lowest BCUT2D eigenvalue weighted by Crippen LogP contribution is -2.32. The molecule has 2 heteroatoms. The molecular formula is C18H19NO. The highest BCUT2D eigenvalue weighted by atomic mass is 16.1. The van der Waals surface area contributed by atoms with Crippen LogP contribution in [0.3, 0.4) is 0 Å². The standard InChI is InChI=1S/C18H19NO/c20-18(15-10-12-19-13-11-15)17-9-5-4-8-16(17)14-6-2-1-3-7-14/h1-9,15,19H,10-13H2. The maximum absolute atomic E-state index is 12.8. The molecular weight excluding hydrogens is 246 g/mol. The van der Waals surface area contributed by atoms with Crippen molar-refractivity contribution in [3.05, 3.63) is 60.2 Å². The van der Waals surface area contributed by atoms with E-state index in [0.29, 0.717) is 5.78 Å². The molecule has 1 N–H and O–H groups in total. The highest BCUT2D eigenvalue weighted by molar-refractivity contribution is 6.03. The molecule has 0 aliphatic carbocycles. The Kier molecular flexibility index (Phi) is 3.93. The van der Waals surface area contributed by atoms with Crippen molar-refractivity contribution in [1.82, 2.24) is 5.32 Å². The third-order valence-electron chi connectivity index (χ3n) is 3.99. The van der Waals surface area contributed by atoms with Crippen molar-refractivity contribution in [3.8, 4) is 11.1 Å². The molecule has 0 saturated carbocycles. The first-order valence-corrected chi connectivity index (χ1v) is 7.25. The zero-order valence-electron chi connectivity index (χ0n) is 11.5. The van der Waals surface area contributed by atoms with Gasteiger partial charge in [-0.2, -0.15) is 0 Å². The molecule has 102 valence electrons. The number of carbonyl (C=O) groups excluding carboxylic acids is 1. The van der Waals surface area contributed by atoms with Crippen LogP contribution >= 0.6 is 0 Å². The van der Waals surface area contributed by atoms with Gasteiger partial charge in [0.15, 0.2) is 5.78 Å². The van der Waals surface area contributed by atoms with Gasteiger partial charge in [-0.25, -0.2) is 0 Å². The zero-order chi connectivity index (χ0) is 13.8. The number of Topliss-reactive ketones (excluding diaryl/α,β-unsaturated/α-hetero) is 1. The number of ketones is 1. The van der Waals surface area contributed by atoms with E-state index in [1.165, 1.54) is 0 Å². The number of hydrogen-bond donors (Lipinski definition) is 1. The Morgan fingerprint density at radius 2 is 1.55 bits per heavy atom. The summed E-state index contributed by atoms with van der Waals surface area (Å²) in [5.41, 5.74) is 3.03. The second kappa shape index (κ2) is 6.02. The highest BCUT2D eigenvalue weighted by Gasteiger charge is 2.24. The SMILES string of the molecule is O=C(c1ccccc1-c1ccccc1)C1CCNCC1. The molecule has 0 radical (unpaired) electrons. The predicted octanol–water partition coefficient (Wildman–Crippen LogP) is 3.54. The van der Waals surface area contributed by atoms with Crippen LogP contribution in [0.2, 0.25) is 0 Å². The Morgan fingerprint density at radius 3 is 2.30 bits per heavy atom. The van der Waals surface area contributed by atoms with Crippen LogP contribution in [0.4, 0.5) is 0 Å². The van der Waals surface area contributed by atoms with Gasteiger partial charge in [0, 0.05) is 11.5 Å². The third-order valence-corrected chi connectivity index (χ3v) is 3.99. The fourth-order valence-electron chi connectivity index (χ4n) is 2.87. The minimum Gasteiger partial charge on any atom is -0.317 e. The molecule has 1 aliphatic rings. The molecule has 1 heterocycles. The van der Waals surface area contributed by atoms with Crippen molar-refractivity contribution < 1.29 is 4.79 Å². The van der Waals surface area contributed by atoms with Crippen LogP contribution in [0.15, 0.2) is 54.6 Å². The van der Waals surface area contributed by atoms with Crippen LogP contribution in [-0.4, -0.2) is 18.9 Å². The largest absolute Gasteiger partial charge is 0.317 e. The van der Waals surface area contributed by atoms with Crippen LogP contribution in [0.1, 0.15) is 23.2 Å². The summed E-state index contributed by atoms with van der Waals surface area (Å²) >= 11 is 0. The maximum Gasteiger partial charge on any atom is 0.166 e. The average molecular weight is 265 g/mol. The summed E-state index contributed by atoms with van der Waals surface area (Å²) in [6.45, 7) is 1.90. The Balaban J connectivity index is 1.95. The van der Waals surface area contributed by atoms with E-state index in [-0.39, 0.29) is 5.92 Å². The maximum atomic E-state index is 12.8. The number of piperidine rings is 1. The van der Waals surface area contributed by atoms with Gasteiger partial charge < -0.3 is 5.32 Å². The van der Waals surface area contributed by atoms with E-state index in [4.69, 9.17) is 0 Å². The minimum absolute atomic E-state index is 0.168. The van der Waals surface area contributed by atoms with Gasteiger partial charge in [-0.3, -0.25) is 4.79 Å². The Bertz CT molecular complexity index is 585. The van der Waals surface area contributed by atoms with Gasteiger partial charge >= 0.3 is 0 Å². The quantitative estimate of drug-likeness (QED) is 0.860. The van der Waals surface area contributed by atoms with E-state index < -0.39 is 0 Å². The molecule has 2 aromatic rings. The van der Waals surface area contributed by atoms with E-state index in [2.05, 4.69) is 17.4 Å². The molecule has 0 spiro atoms. The number of carbonyl (C=O) groups is 1. The molecule has 0 unspecified atom stereocenters. The monoisotopic (exact) mass is 265 g/mol. The average Bonchev–Trinajstić information content (AvgIpc) is 2.56. The first kappa shape index (κ1) is 13.1. The lowest BCUT2D eigenvalue weighted by Gasteiger charge is -2.22. The summed E-state index contributed by atoms with van der Waals surface area (Å²) in [6, 6.07) is 18.1. The number of nitrogens with one attached hydrogen (secondary N) is 1. The number of rotatable bonds is 3. The summed E-state index contributed by atoms with van der Waals surface area (Å²) in [7, 11) is 0. The summed E-state index contributed by atoms with van der Waals surface area (Å²) in [4.78, 5) is 12.8. The van der Waals surface area contributed by atoms with Crippen molar-refractivity contribution in [2.24, 2.45) is 5.92 Å². The zero-order valence-corrected chi connectivity index (χ0v) is 11.5. The fourth-order valence-corrected chi connectivity index (χ4v) is 2.87. The molecule has 2 nitrogen and oxygen atoms in total. The topological polar surface area (TPSA) is 29.1 Å². The van der Waals surface area contributed by atoms with E-state index >= 15 is 0 Å². The number of hydrogen-bond acceptors (Lipinski definition) is 2. The summed E-state index contributed by atoms with van der Waals surface area (Å²) in [6.07, 6.45) is 1.89. The molecule has 0 bridgehead atoms. The summed E-state index contributed by atoms with van der Waals surface area (Å²) < 4.78 is 0. The van der Waals surface area contributed by atoms with Crippen LogP contribution in [0, 0.1) is 5.92 Å². The first-order chi connectivity index (χ1) is 9.86. The normalized spacial score (nSPS) is 16.0. The van der Waals surface area contributed by atoms with E-state index in [1.54, 1.807) is 0 Å². The van der Waals surface area contributed by atoms with Crippen LogP contribution in [0.5, 0.6) is 0 Å². The van der Waals surface area contributed by atoms with Crippen molar-refractivity contribution in [2.45, 2.75) is 12.8 Å². The van der Waals surface area contributed by atoms with E-state index in [0.717, 1.165) is 42.6 Å². The lowest BCUT2D eigenvalue weighted by atomic mass is 9.86. The van der Waals surface area contributed by atoms with E-state index in [9.17, 15) is 4.79 Å². The second-order valence-corrected chi connectivity index (χ2v) is 5.30. The Hall–Kier alpha value is -1.93. The Morgan fingerprint density at radius 1 is 0.900 bits per heavy atom. The van der Waals surface area contributed by atoms with Crippen LogP contribution in [-0.2, 0) is 0 Å². The van der Waals surface area contributed by atoms with Gasteiger partial charge in [-0.15, -0.1) is 0 Å². The van der Waals surface area contributed by atoms with Gasteiger partial charge in [0.05, 0.1) is 0 Å². The number of benzene rings is 2. The van der Waals surface area contributed by atoms with Gasteiger partial charge in [-0.05, 0) is 37.1 Å². The molecule has 2 aromatic carbocycles. The van der Waals surface area contributed by atoms with Crippen molar-refractivity contribution in [2.75, 3.05) is 13.1 Å². The molecule has 0 amide bonds. The fraction of sp³-hybridized carbons (Fsp3) is 0.278. The molecule has 1 aliphatic heterocycles. The predicted molar refractivity (Wildman–Crippen MR) is 81.8 cm³/mol. The molecule has 20 heavy (non-hydrogen) atoms. The molecule has 0 aromatic heterocycles. The molecule has 0 atom stereocenters. The van der Waals surface area contributed by atoms with Crippen molar-refractivity contribution >= 4 is 5.78 Å². The van der Waals surface area contributed by atoms with Gasteiger partial charge in [0.25, 0.3) is 0 Å². The van der Waals surface area contributed by atoms with Crippen molar-refractivity contribution in [1.29, 1.82) is 0 Å². The molecule has 3 rings (SSSR count). The second-order valence-electron chi connectivity index (χ2n) is 5.30. The highest BCUT2D eigenvalue weighted by Crippen LogP contribution is 2.27. The molecule has 1 saturated heterocycles. The first-order valence-electron chi connectivity index (χ1n) is 7.25. The smallest absolute Gasteiger partial charge is 0.166 e. The third kappa shape index (κ3) is 2.66. The van der Waals surface area contributed by atoms with Gasteiger partial charge in [0.2, 0.25) is 0 Å². The minimum atomic E-state index is 0.168. The summed E-state index contributed by atoms with van der Waals surface area (Å²) in [5.74, 6) is 0.465. The molecule has 1 fully saturated rings.